The van der Waals surface area contributed by atoms with Crippen molar-refractivity contribution in [2.24, 2.45) is 5.73 Å². The highest BCUT2D eigenvalue weighted by Crippen LogP contribution is 2.26. The van der Waals surface area contributed by atoms with Gasteiger partial charge in [0.1, 0.15) is 5.54 Å². The van der Waals surface area contributed by atoms with Crippen LogP contribution in [0.4, 0.5) is 0 Å². The van der Waals surface area contributed by atoms with Crippen molar-refractivity contribution >= 4 is 17.7 Å². The lowest BCUT2D eigenvalue weighted by molar-refractivity contribution is -0.145. The van der Waals surface area contributed by atoms with E-state index in [4.69, 9.17) is 5.73 Å². The maximum Gasteiger partial charge on any atom is 0.326 e. The highest BCUT2D eigenvalue weighted by molar-refractivity contribution is 7.99. The summed E-state index contributed by atoms with van der Waals surface area (Å²) < 4.78 is 4.68. The van der Waals surface area contributed by atoms with Crippen LogP contribution in [0.3, 0.4) is 0 Å². The van der Waals surface area contributed by atoms with Gasteiger partial charge in [0.05, 0.1) is 7.11 Å². The molecule has 0 saturated heterocycles. The topological polar surface area (TPSA) is 52.3 Å². The van der Waals surface area contributed by atoms with Crippen molar-refractivity contribution in [3.8, 4) is 0 Å². The lowest BCUT2D eigenvalue weighted by atomic mass is 10.1. The number of esters is 1. The molecule has 4 heteroatoms. The summed E-state index contributed by atoms with van der Waals surface area (Å²) in [6.45, 7) is 5.81. The third-order valence-electron chi connectivity index (χ3n) is 2.51. The highest BCUT2D eigenvalue weighted by Gasteiger charge is 2.29. The largest absolute Gasteiger partial charge is 0.468 e. The maximum atomic E-state index is 11.4. The molecule has 0 fully saturated rings. The summed E-state index contributed by atoms with van der Waals surface area (Å²) in [7, 11) is 1.36. The van der Waals surface area contributed by atoms with Crippen LogP contribution >= 0.6 is 11.8 Å². The van der Waals surface area contributed by atoms with Gasteiger partial charge in [-0.2, -0.15) is 0 Å². The molecule has 0 heterocycles. The monoisotopic (exact) mass is 253 g/mol. The summed E-state index contributed by atoms with van der Waals surface area (Å²) >= 11 is 1.58. The van der Waals surface area contributed by atoms with Crippen molar-refractivity contribution in [1.29, 1.82) is 0 Å². The number of methoxy groups -OCH3 is 1. The second-order valence-corrected chi connectivity index (χ2v) is 5.48. The Balaban J connectivity index is 2.70. The van der Waals surface area contributed by atoms with Crippen molar-refractivity contribution in [3.05, 3.63) is 29.3 Å². The van der Waals surface area contributed by atoms with Gasteiger partial charge in [0.25, 0.3) is 0 Å². The predicted octanol–water partition coefficient (Wildman–Crippen LogP) is 2.29. The lowest BCUT2D eigenvalue weighted by Gasteiger charge is -2.21. The minimum atomic E-state index is -0.948. The number of ether oxygens (including phenoxy) is 1. The van der Waals surface area contributed by atoms with Crippen LogP contribution in [0.2, 0.25) is 0 Å². The fourth-order valence-corrected chi connectivity index (χ4v) is 2.51. The molecule has 0 bridgehead atoms. The van der Waals surface area contributed by atoms with Crippen LogP contribution < -0.4 is 5.73 Å². The van der Waals surface area contributed by atoms with Crippen LogP contribution in [0.15, 0.2) is 23.1 Å². The Bertz CT molecular complexity index is 416. The van der Waals surface area contributed by atoms with Crippen LogP contribution in [0.5, 0.6) is 0 Å². The first-order valence-electron chi connectivity index (χ1n) is 5.44. The zero-order valence-electron chi connectivity index (χ0n) is 10.7. The standard InChI is InChI=1S/C13H19NO2S/c1-9-5-6-11(10(2)7-9)17-8-13(3,14)12(15)16-4/h5-7H,8,14H2,1-4H3. The maximum absolute atomic E-state index is 11.4. The molecule has 3 nitrogen and oxygen atoms in total. The van der Waals surface area contributed by atoms with Gasteiger partial charge < -0.3 is 10.5 Å². The summed E-state index contributed by atoms with van der Waals surface area (Å²) in [6.07, 6.45) is 0. The molecule has 1 atom stereocenters. The fourth-order valence-electron chi connectivity index (χ4n) is 1.48. The molecule has 0 saturated carbocycles. The van der Waals surface area contributed by atoms with Gasteiger partial charge in [0, 0.05) is 10.6 Å². The van der Waals surface area contributed by atoms with Crippen LogP contribution in [-0.2, 0) is 9.53 Å². The van der Waals surface area contributed by atoms with Gasteiger partial charge in [-0.1, -0.05) is 17.7 Å². The molecular formula is C13H19NO2S. The van der Waals surface area contributed by atoms with Gasteiger partial charge in [-0.3, -0.25) is 4.79 Å². The van der Waals surface area contributed by atoms with Gasteiger partial charge >= 0.3 is 5.97 Å². The molecule has 0 spiro atoms. The van der Waals surface area contributed by atoms with Gasteiger partial charge in [-0.05, 0) is 32.4 Å². The molecular weight excluding hydrogens is 234 g/mol. The zero-order chi connectivity index (χ0) is 13.1. The minimum absolute atomic E-state index is 0.380. The van der Waals surface area contributed by atoms with Gasteiger partial charge in [-0.15, -0.1) is 11.8 Å². The summed E-state index contributed by atoms with van der Waals surface area (Å²) in [5, 5.41) is 0. The average molecular weight is 253 g/mol. The first-order valence-corrected chi connectivity index (χ1v) is 6.43. The minimum Gasteiger partial charge on any atom is -0.468 e. The van der Waals surface area contributed by atoms with E-state index in [-0.39, 0.29) is 5.97 Å². The average Bonchev–Trinajstić information content (AvgIpc) is 2.26. The van der Waals surface area contributed by atoms with Gasteiger partial charge in [0.2, 0.25) is 0 Å². The van der Waals surface area contributed by atoms with E-state index in [9.17, 15) is 4.79 Å². The lowest BCUT2D eigenvalue weighted by Crippen LogP contribution is -2.48. The summed E-state index contributed by atoms with van der Waals surface area (Å²) in [5.41, 5.74) is 7.39. The van der Waals surface area contributed by atoms with E-state index in [1.165, 1.54) is 18.2 Å². The predicted molar refractivity (Wildman–Crippen MR) is 71.2 cm³/mol. The Morgan fingerprint density at radius 3 is 2.65 bits per heavy atom. The molecule has 1 aromatic rings. The third-order valence-corrected chi connectivity index (χ3v) is 4.02. The second-order valence-electron chi connectivity index (χ2n) is 4.47. The smallest absolute Gasteiger partial charge is 0.326 e. The number of aryl methyl sites for hydroxylation is 2. The molecule has 1 rings (SSSR count). The molecule has 0 radical (unpaired) electrons. The Kier molecular flexibility index (Phi) is 4.60. The number of nitrogens with two attached hydrogens (primary N) is 1. The number of carbonyl (C=O) groups excluding carboxylic acids is 1. The second kappa shape index (κ2) is 5.56. The van der Waals surface area contributed by atoms with E-state index >= 15 is 0 Å². The quantitative estimate of drug-likeness (QED) is 0.660. The highest BCUT2D eigenvalue weighted by atomic mass is 32.2. The number of thioether (sulfide) groups is 1. The number of carbonyl (C=O) groups is 1. The fraction of sp³-hybridized carbons (Fsp3) is 0.462. The van der Waals surface area contributed by atoms with E-state index in [0.717, 1.165) is 4.90 Å². The van der Waals surface area contributed by atoms with Crippen LogP contribution in [0, 0.1) is 13.8 Å². The molecule has 17 heavy (non-hydrogen) atoms. The molecule has 94 valence electrons. The van der Waals surface area contributed by atoms with Crippen molar-refractivity contribution in [2.45, 2.75) is 31.2 Å². The van der Waals surface area contributed by atoms with E-state index in [1.807, 2.05) is 0 Å². The SMILES string of the molecule is COC(=O)C(C)(N)CSc1ccc(C)cc1C. The Morgan fingerprint density at radius 1 is 1.47 bits per heavy atom. The Labute approximate surface area is 107 Å². The van der Waals surface area contributed by atoms with Crippen molar-refractivity contribution < 1.29 is 9.53 Å². The van der Waals surface area contributed by atoms with E-state index < -0.39 is 5.54 Å². The Hall–Kier alpha value is -1.00. The summed E-state index contributed by atoms with van der Waals surface area (Å²) in [4.78, 5) is 12.6. The first-order chi connectivity index (χ1) is 7.86. The van der Waals surface area contributed by atoms with Crippen molar-refractivity contribution in [3.63, 3.8) is 0 Å². The Morgan fingerprint density at radius 2 is 2.12 bits per heavy atom. The molecule has 0 aliphatic heterocycles. The normalized spacial score (nSPS) is 14.2. The first kappa shape index (κ1) is 14.1. The molecule has 0 aliphatic carbocycles. The van der Waals surface area contributed by atoms with Gasteiger partial charge in [0.15, 0.2) is 0 Å². The molecule has 0 aromatic heterocycles. The zero-order valence-corrected chi connectivity index (χ0v) is 11.6. The molecule has 0 aliphatic rings. The van der Waals surface area contributed by atoms with E-state index in [0.29, 0.717) is 5.75 Å². The molecule has 1 unspecified atom stereocenters. The number of hydrogen-bond acceptors (Lipinski definition) is 4. The molecule has 0 amide bonds. The number of hydrogen-bond donors (Lipinski definition) is 1. The van der Waals surface area contributed by atoms with Crippen LogP contribution in [0.25, 0.3) is 0 Å². The number of benzene rings is 1. The molecule has 1 aromatic carbocycles. The third kappa shape index (κ3) is 3.75. The van der Waals surface area contributed by atoms with Crippen LogP contribution in [-0.4, -0.2) is 24.4 Å². The van der Waals surface area contributed by atoms with Crippen molar-refractivity contribution in [1.82, 2.24) is 0 Å². The van der Waals surface area contributed by atoms with Crippen LogP contribution in [0.1, 0.15) is 18.1 Å². The van der Waals surface area contributed by atoms with Gasteiger partial charge in [-0.25, -0.2) is 0 Å². The summed E-state index contributed by atoms with van der Waals surface area (Å²) in [6, 6.07) is 6.23. The van der Waals surface area contributed by atoms with Crippen molar-refractivity contribution in [2.75, 3.05) is 12.9 Å². The molecule has 2 N–H and O–H groups in total. The summed E-state index contributed by atoms with van der Waals surface area (Å²) in [5.74, 6) is 0.124. The number of rotatable bonds is 4. The van der Waals surface area contributed by atoms with E-state index in [2.05, 4.69) is 36.8 Å². The van der Waals surface area contributed by atoms with E-state index in [1.54, 1.807) is 18.7 Å².